The van der Waals surface area contributed by atoms with Crippen molar-refractivity contribution in [2.24, 2.45) is 5.73 Å². The lowest BCUT2D eigenvalue weighted by Crippen LogP contribution is -2.31. The van der Waals surface area contributed by atoms with Crippen LogP contribution in [0, 0.1) is 0 Å². The van der Waals surface area contributed by atoms with Gasteiger partial charge in [0.15, 0.2) is 5.79 Å². The van der Waals surface area contributed by atoms with E-state index in [0.717, 1.165) is 12.8 Å². The molecule has 0 bridgehead atoms. The zero-order valence-electron chi connectivity index (χ0n) is 10.6. The molecule has 1 saturated heterocycles. The standard InChI is InChI=1S/C14H21NO2/c1-3-11-4-6-12(7-5-11)8-14(2)16-10-13(9-15)17-14/h4-7,13H,3,8-10,15H2,1-2H3. The maximum absolute atomic E-state index is 5.81. The maximum Gasteiger partial charge on any atom is 0.170 e. The summed E-state index contributed by atoms with van der Waals surface area (Å²) in [7, 11) is 0. The van der Waals surface area contributed by atoms with Crippen LogP contribution in [0.5, 0.6) is 0 Å². The quantitative estimate of drug-likeness (QED) is 0.866. The minimum absolute atomic E-state index is 0.0370. The summed E-state index contributed by atoms with van der Waals surface area (Å²) in [5.74, 6) is -0.516. The van der Waals surface area contributed by atoms with Crippen molar-refractivity contribution >= 4 is 0 Å². The average Bonchev–Trinajstić information content (AvgIpc) is 2.72. The molecule has 0 radical (unpaired) electrons. The van der Waals surface area contributed by atoms with Crippen LogP contribution in [0.1, 0.15) is 25.0 Å². The highest BCUT2D eigenvalue weighted by atomic mass is 16.7. The van der Waals surface area contributed by atoms with E-state index in [1.165, 1.54) is 11.1 Å². The van der Waals surface area contributed by atoms with Crippen LogP contribution in [0.2, 0.25) is 0 Å². The molecule has 3 heteroatoms. The Morgan fingerprint density at radius 3 is 2.47 bits per heavy atom. The van der Waals surface area contributed by atoms with Crippen LogP contribution in [0.25, 0.3) is 0 Å². The molecule has 2 N–H and O–H groups in total. The van der Waals surface area contributed by atoms with Crippen molar-refractivity contribution in [3.63, 3.8) is 0 Å². The summed E-state index contributed by atoms with van der Waals surface area (Å²) in [6, 6.07) is 8.61. The molecule has 17 heavy (non-hydrogen) atoms. The van der Waals surface area contributed by atoms with E-state index in [0.29, 0.717) is 13.2 Å². The van der Waals surface area contributed by atoms with Gasteiger partial charge in [-0.1, -0.05) is 31.2 Å². The van der Waals surface area contributed by atoms with Gasteiger partial charge >= 0.3 is 0 Å². The van der Waals surface area contributed by atoms with Crippen molar-refractivity contribution in [3.05, 3.63) is 35.4 Å². The minimum Gasteiger partial charge on any atom is -0.347 e. The molecular weight excluding hydrogens is 214 g/mol. The lowest BCUT2D eigenvalue weighted by Gasteiger charge is -2.23. The predicted molar refractivity (Wildman–Crippen MR) is 67.8 cm³/mol. The van der Waals surface area contributed by atoms with Crippen molar-refractivity contribution in [2.75, 3.05) is 13.2 Å². The van der Waals surface area contributed by atoms with Crippen LogP contribution in [-0.2, 0) is 22.3 Å². The Bertz CT molecular complexity index is 363. The Labute approximate surface area is 103 Å². The molecule has 3 nitrogen and oxygen atoms in total. The van der Waals surface area contributed by atoms with E-state index in [1.54, 1.807) is 0 Å². The van der Waals surface area contributed by atoms with Crippen molar-refractivity contribution in [3.8, 4) is 0 Å². The van der Waals surface area contributed by atoms with Gasteiger partial charge in [0.2, 0.25) is 0 Å². The molecule has 1 aliphatic rings. The fraction of sp³-hybridized carbons (Fsp3) is 0.571. The molecule has 0 aromatic heterocycles. The van der Waals surface area contributed by atoms with Gasteiger partial charge in [-0.3, -0.25) is 0 Å². The van der Waals surface area contributed by atoms with Crippen molar-refractivity contribution in [1.82, 2.24) is 0 Å². The average molecular weight is 235 g/mol. The second-order valence-electron chi connectivity index (χ2n) is 4.77. The molecular formula is C14H21NO2. The third kappa shape index (κ3) is 3.06. The Morgan fingerprint density at radius 1 is 1.29 bits per heavy atom. The number of nitrogens with two attached hydrogens (primary N) is 1. The van der Waals surface area contributed by atoms with E-state index in [4.69, 9.17) is 15.2 Å². The number of benzene rings is 1. The fourth-order valence-corrected chi connectivity index (χ4v) is 2.16. The van der Waals surface area contributed by atoms with E-state index in [1.807, 2.05) is 6.92 Å². The Kier molecular flexibility index (Phi) is 3.82. The molecule has 1 heterocycles. The van der Waals surface area contributed by atoms with Crippen LogP contribution in [-0.4, -0.2) is 25.0 Å². The van der Waals surface area contributed by atoms with Gasteiger partial charge < -0.3 is 15.2 Å². The molecule has 1 aliphatic heterocycles. The molecule has 94 valence electrons. The first-order valence-corrected chi connectivity index (χ1v) is 6.25. The Balaban J connectivity index is 2.00. The largest absolute Gasteiger partial charge is 0.347 e. The summed E-state index contributed by atoms with van der Waals surface area (Å²) in [6.45, 7) is 5.26. The summed E-state index contributed by atoms with van der Waals surface area (Å²) in [4.78, 5) is 0. The molecule has 2 rings (SSSR count). The SMILES string of the molecule is CCc1ccc(CC2(C)OCC(CN)O2)cc1. The van der Waals surface area contributed by atoms with Crippen LogP contribution < -0.4 is 5.73 Å². The summed E-state index contributed by atoms with van der Waals surface area (Å²) < 4.78 is 11.5. The van der Waals surface area contributed by atoms with Crippen molar-refractivity contribution < 1.29 is 9.47 Å². The number of hydrogen-bond donors (Lipinski definition) is 1. The van der Waals surface area contributed by atoms with E-state index >= 15 is 0 Å². The van der Waals surface area contributed by atoms with Gasteiger partial charge in [0.05, 0.1) is 12.7 Å². The Hall–Kier alpha value is -0.900. The first kappa shape index (κ1) is 12.6. The summed E-state index contributed by atoms with van der Waals surface area (Å²) in [6.07, 6.45) is 1.88. The van der Waals surface area contributed by atoms with Crippen LogP contribution in [0.15, 0.2) is 24.3 Å². The lowest BCUT2D eigenvalue weighted by atomic mass is 10.0. The molecule has 1 fully saturated rings. The van der Waals surface area contributed by atoms with Gasteiger partial charge in [0, 0.05) is 13.0 Å². The number of ether oxygens (including phenoxy) is 2. The molecule has 2 atom stereocenters. The third-order valence-electron chi connectivity index (χ3n) is 3.21. The van der Waals surface area contributed by atoms with E-state index in [2.05, 4.69) is 31.2 Å². The summed E-state index contributed by atoms with van der Waals surface area (Å²) in [5.41, 5.74) is 8.17. The highest BCUT2D eigenvalue weighted by Gasteiger charge is 2.36. The first-order valence-electron chi connectivity index (χ1n) is 6.25. The van der Waals surface area contributed by atoms with Gasteiger partial charge in [-0.2, -0.15) is 0 Å². The second kappa shape index (κ2) is 5.17. The number of aryl methyl sites for hydroxylation is 1. The zero-order valence-corrected chi connectivity index (χ0v) is 10.6. The predicted octanol–water partition coefficient (Wildman–Crippen LogP) is 1.88. The lowest BCUT2D eigenvalue weighted by molar-refractivity contribution is -0.151. The molecule has 0 aliphatic carbocycles. The maximum atomic E-state index is 5.81. The zero-order chi connectivity index (χ0) is 12.3. The highest BCUT2D eigenvalue weighted by Crippen LogP contribution is 2.27. The smallest absolute Gasteiger partial charge is 0.170 e. The fourth-order valence-electron chi connectivity index (χ4n) is 2.16. The molecule has 1 aromatic carbocycles. The van der Waals surface area contributed by atoms with Crippen LogP contribution in [0.3, 0.4) is 0 Å². The minimum atomic E-state index is -0.516. The van der Waals surface area contributed by atoms with Crippen LogP contribution in [0.4, 0.5) is 0 Å². The van der Waals surface area contributed by atoms with Crippen LogP contribution >= 0.6 is 0 Å². The molecule has 1 aromatic rings. The first-order chi connectivity index (χ1) is 8.15. The topological polar surface area (TPSA) is 44.5 Å². The highest BCUT2D eigenvalue weighted by molar-refractivity contribution is 5.23. The van der Waals surface area contributed by atoms with E-state index < -0.39 is 5.79 Å². The summed E-state index contributed by atoms with van der Waals surface area (Å²) >= 11 is 0. The number of hydrogen-bond acceptors (Lipinski definition) is 3. The molecule has 0 saturated carbocycles. The molecule has 0 spiro atoms. The van der Waals surface area contributed by atoms with E-state index in [9.17, 15) is 0 Å². The van der Waals surface area contributed by atoms with Gasteiger partial charge in [0.1, 0.15) is 0 Å². The van der Waals surface area contributed by atoms with Gasteiger partial charge in [0.25, 0.3) is 0 Å². The van der Waals surface area contributed by atoms with Gasteiger partial charge in [-0.05, 0) is 24.5 Å². The molecule has 0 amide bonds. The Morgan fingerprint density at radius 2 is 1.94 bits per heavy atom. The monoisotopic (exact) mass is 235 g/mol. The van der Waals surface area contributed by atoms with Crippen molar-refractivity contribution in [2.45, 2.75) is 38.6 Å². The summed E-state index contributed by atoms with van der Waals surface area (Å²) in [5, 5.41) is 0. The van der Waals surface area contributed by atoms with E-state index in [-0.39, 0.29) is 6.10 Å². The van der Waals surface area contributed by atoms with Gasteiger partial charge in [-0.25, -0.2) is 0 Å². The number of rotatable bonds is 4. The molecule has 2 unspecified atom stereocenters. The van der Waals surface area contributed by atoms with Crippen molar-refractivity contribution in [1.29, 1.82) is 0 Å². The normalized spacial score (nSPS) is 28.5. The van der Waals surface area contributed by atoms with Gasteiger partial charge in [-0.15, -0.1) is 0 Å². The third-order valence-corrected chi connectivity index (χ3v) is 3.21. The second-order valence-corrected chi connectivity index (χ2v) is 4.77.